The molecule has 0 bridgehead atoms. The number of likely N-dealkylation sites (tertiary alicyclic amines) is 2. The molecule has 15 nitrogen and oxygen atoms in total. The number of fused-ring (bicyclic) bond motifs is 2. The maximum Gasteiger partial charge on any atom is 0.407 e. The van der Waals surface area contributed by atoms with Crippen molar-refractivity contribution in [2.75, 3.05) is 40.5 Å². The minimum atomic E-state index is -0.847. The predicted molar refractivity (Wildman–Crippen MR) is 272 cm³/mol. The standard InChI is InChI=1S/C56H67N7O8/c1-32(2)48(58-34(5)68-6)53(66)63-31-56(70-23-24-71-56)29-47(63)45-26-38(30-57-45)35-12-14-36(15-13-35)39-17-18-40(43-28-55(27-42(39)43)20-8-9-21-55)37-16-19-44-41(25-37)51(64)61-50(59-44)46-11-10-22-62(46)52(65)49(33(3)4)60-54(67)69-7/h12-19,25,30,32-33,46-49,58H,5,8-11,20-24,26-29,31H2,1-4,6-7H3,(H,60,67)(H,59,61,64)/t46-,47-,48-,49-/m0/s1. The third-order valence-corrected chi connectivity index (χ3v) is 16.1. The van der Waals surface area contributed by atoms with Crippen molar-refractivity contribution in [2.45, 2.75) is 122 Å². The van der Waals surface area contributed by atoms with Gasteiger partial charge < -0.3 is 44.4 Å². The van der Waals surface area contributed by atoms with Crippen LogP contribution in [0.15, 0.2) is 83.0 Å². The number of benzene rings is 3. The lowest BCUT2D eigenvalue weighted by Crippen LogP contribution is -2.52. The largest absolute Gasteiger partial charge is 0.483 e. The van der Waals surface area contributed by atoms with Crippen LogP contribution in [-0.4, -0.2) is 108 Å². The Labute approximate surface area is 415 Å². The van der Waals surface area contributed by atoms with Crippen molar-refractivity contribution in [3.63, 3.8) is 0 Å². The first-order chi connectivity index (χ1) is 34.2. The maximum atomic E-state index is 14.3. The van der Waals surface area contributed by atoms with Gasteiger partial charge in [0.05, 0.1) is 57.0 Å². The number of methoxy groups -OCH3 is 2. The molecule has 5 heterocycles. The van der Waals surface area contributed by atoms with E-state index in [0.717, 1.165) is 52.8 Å². The molecule has 374 valence electrons. The molecule has 3 saturated heterocycles. The third-order valence-electron chi connectivity index (χ3n) is 16.1. The van der Waals surface area contributed by atoms with Crippen molar-refractivity contribution in [3.05, 3.63) is 106 Å². The summed E-state index contributed by atoms with van der Waals surface area (Å²) in [5.41, 5.74) is 10.9. The predicted octanol–water partition coefficient (Wildman–Crippen LogP) is 8.22. The summed E-state index contributed by atoms with van der Waals surface area (Å²) in [5, 5.41) is 6.38. The van der Waals surface area contributed by atoms with Gasteiger partial charge >= 0.3 is 6.09 Å². The van der Waals surface area contributed by atoms with E-state index in [0.29, 0.717) is 68.2 Å². The number of aliphatic imine (C=N–C) groups is 1. The second-order valence-electron chi connectivity index (χ2n) is 21.2. The minimum absolute atomic E-state index is 0.0213. The van der Waals surface area contributed by atoms with Crippen LogP contribution in [0.3, 0.4) is 0 Å². The summed E-state index contributed by atoms with van der Waals surface area (Å²) in [6.45, 7) is 13.5. The van der Waals surface area contributed by atoms with Gasteiger partial charge in [0.15, 0.2) is 11.7 Å². The molecule has 3 aromatic carbocycles. The normalized spacial score (nSPS) is 21.8. The first-order valence-electron chi connectivity index (χ1n) is 25.5. The topological polar surface area (TPSA) is 177 Å². The van der Waals surface area contributed by atoms with E-state index >= 15 is 0 Å². The fraction of sp³-hybridized carbons (Fsp3) is 0.500. The van der Waals surface area contributed by atoms with Gasteiger partial charge in [-0.3, -0.25) is 19.4 Å². The highest BCUT2D eigenvalue weighted by molar-refractivity contribution is 6.04. The number of nitrogens with one attached hydrogen (secondary N) is 3. The van der Waals surface area contributed by atoms with Crippen LogP contribution < -0.4 is 16.2 Å². The molecule has 71 heavy (non-hydrogen) atoms. The quantitative estimate of drug-likeness (QED) is 0.111. The average molecular weight is 966 g/mol. The molecule has 1 saturated carbocycles. The fourth-order valence-corrected chi connectivity index (χ4v) is 12.3. The maximum absolute atomic E-state index is 14.3. The van der Waals surface area contributed by atoms with Gasteiger partial charge in [0, 0.05) is 31.3 Å². The van der Waals surface area contributed by atoms with E-state index in [1.54, 1.807) is 4.90 Å². The summed E-state index contributed by atoms with van der Waals surface area (Å²) in [5.74, 6) is -0.529. The Morgan fingerprint density at radius 3 is 2.10 bits per heavy atom. The van der Waals surface area contributed by atoms with Crippen LogP contribution in [0.4, 0.5) is 4.79 Å². The number of nitrogens with zero attached hydrogens (tertiary/aromatic N) is 4. The molecule has 15 heteroatoms. The van der Waals surface area contributed by atoms with Gasteiger partial charge in [0.25, 0.3) is 5.56 Å². The molecule has 2 aliphatic carbocycles. The molecule has 0 unspecified atom stereocenters. The number of ether oxygens (including phenoxy) is 4. The number of amides is 3. The van der Waals surface area contributed by atoms with E-state index < -0.39 is 30.0 Å². The molecule has 3 amide bonds. The zero-order valence-electron chi connectivity index (χ0n) is 41.9. The minimum Gasteiger partial charge on any atom is -0.483 e. The van der Waals surface area contributed by atoms with Crippen LogP contribution in [0.5, 0.6) is 0 Å². The molecule has 1 aromatic heterocycles. The van der Waals surface area contributed by atoms with E-state index in [1.807, 2.05) is 50.9 Å². The number of H-pyrrole nitrogens is 1. The fourth-order valence-electron chi connectivity index (χ4n) is 12.3. The van der Waals surface area contributed by atoms with Gasteiger partial charge in [-0.1, -0.05) is 83.0 Å². The second-order valence-corrected chi connectivity index (χ2v) is 21.2. The Bertz CT molecular complexity index is 2870. The molecular formula is C56H67N7O8. The summed E-state index contributed by atoms with van der Waals surface area (Å²) in [4.78, 5) is 70.8. The number of allylic oxidation sites excluding steroid dienone is 1. The molecule has 10 rings (SSSR count). The molecule has 4 aliphatic heterocycles. The zero-order valence-corrected chi connectivity index (χ0v) is 41.9. The molecule has 2 spiro atoms. The van der Waals surface area contributed by atoms with Crippen molar-refractivity contribution in [1.29, 1.82) is 0 Å². The number of hydrogen-bond donors (Lipinski definition) is 3. The number of rotatable bonds is 13. The van der Waals surface area contributed by atoms with E-state index in [2.05, 4.69) is 64.7 Å². The van der Waals surface area contributed by atoms with Crippen molar-refractivity contribution >= 4 is 40.1 Å². The number of hydrogen-bond acceptors (Lipinski definition) is 11. The monoisotopic (exact) mass is 966 g/mol. The van der Waals surface area contributed by atoms with E-state index in [4.69, 9.17) is 28.9 Å². The van der Waals surface area contributed by atoms with Crippen LogP contribution in [0.2, 0.25) is 0 Å². The lowest BCUT2D eigenvalue weighted by molar-refractivity contribution is -0.153. The van der Waals surface area contributed by atoms with Crippen LogP contribution in [0.1, 0.15) is 108 Å². The molecule has 3 N–H and O–H groups in total. The van der Waals surface area contributed by atoms with Crippen LogP contribution in [0, 0.1) is 17.3 Å². The van der Waals surface area contributed by atoms with E-state index in [9.17, 15) is 19.2 Å². The highest BCUT2D eigenvalue weighted by Gasteiger charge is 2.53. The number of aromatic amines is 1. The summed E-state index contributed by atoms with van der Waals surface area (Å²) in [6, 6.07) is 17.3. The first-order valence-corrected chi connectivity index (χ1v) is 25.5. The van der Waals surface area contributed by atoms with Gasteiger partial charge in [-0.2, -0.15) is 0 Å². The van der Waals surface area contributed by atoms with Gasteiger partial charge in [-0.05, 0) is 119 Å². The van der Waals surface area contributed by atoms with Crippen LogP contribution in [0.25, 0.3) is 38.7 Å². The van der Waals surface area contributed by atoms with Crippen LogP contribution in [-0.2, 0) is 41.4 Å². The molecule has 4 atom stereocenters. The third kappa shape index (κ3) is 9.15. The van der Waals surface area contributed by atoms with Gasteiger partial charge in [0.1, 0.15) is 17.9 Å². The highest BCUT2D eigenvalue weighted by Crippen LogP contribution is 2.53. The summed E-state index contributed by atoms with van der Waals surface area (Å²) < 4.78 is 22.4. The Kier molecular flexibility index (Phi) is 13.2. The van der Waals surface area contributed by atoms with Crippen molar-refractivity contribution in [1.82, 2.24) is 30.4 Å². The molecule has 0 radical (unpaired) electrons. The summed E-state index contributed by atoms with van der Waals surface area (Å²) in [7, 11) is 2.81. The molecular weight excluding hydrogens is 899 g/mol. The van der Waals surface area contributed by atoms with Gasteiger partial charge in [-0.25, -0.2) is 9.78 Å². The Hall–Kier alpha value is -6.32. The number of aromatic nitrogens is 2. The summed E-state index contributed by atoms with van der Waals surface area (Å²) >= 11 is 0. The van der Waals surface area contributed by atoms with Gasteiger partial charge in [-0.15, -0.1) is 0 Å². The second kappa shape index (κ2) is 19.4. The number of alkyl carbamates (subject to hydrolysis) is 1. The average Bonchev–Trinajstić information content (AvgIpc) is 4.25. The van der Waals surface area contributed by atoms with Crippen LogP contribution >= 0.6 is 0 Å². The molecule has 4 aromatic rings. The number of carbonyl (C=O) groups excluding carboxylic acids is 3. The zero-order chi connectivity index (χ0) is 49.8. The molecule has 4 fully saturated rings. The van der Waals surface area contributed by atoms with Crippen molar-refractivity contribution in [2.24, 2.45) is 22.2 Å². The smallest absolute Gasteiger partial charge is 0.407 e. The lowest BCUT2D eigenvalue weighted by atomic mass is 9.82. The van der Waals surface area contributed by atoms with E-state index in [-0.39, 0.29) is 40.7 Å². The Balaban J connectivity index is 0.891. The Morgan fingerprint density at radius 1 is 0.803 bits per heavy atom. The number of carbonyl (C=O) groups is 3. The molecule has 6 aliphatic rings. The van der Waals surface area contributed by atoms with Gasteiger partial charge in [0.2, 0.25) is 11.8 Å². The van der Waals surface area contributed by atoms with Crippen molar-refractivity contribution < 1.29 is 33.3 Å². The lowest BCUT2D eigenvalue weighted by Gasteiger charge is -2.31. The Morgan fingerprint density at radius 2 is 1.44 bits per heavy atom. The SMILES string of the molecule is C=C(N[C@H](C(=O)N1CC2(C[C@H]1C1=NC=C(c3ccc(-c4ccc(-c5ccc6nc([C@@H]7CCCN7C(=O)[C@@H](NC(=O)OC)C(C)C)[nH]c(=O)c6c5)c5c4CC4(CCCC4)C5)cc3)C1)OCCO2)C(C)C)OC. The van der Waals surface area contributed by atoms with Crippen molar-refractivity contribution in [3.8, 4) is 22.3 Å². The highest BCUT2D eigenvalue weighted by atomic mass is 16.7. The summed E-state index contributed by atoms with van der Waals surface area (Å²) in [6.07, 6.45) is 10.7. The first kappa shape index (κ1) is 48.3. The van der Waals surface area contributed by atoms with E-state index in [1.165, 1.54) is 56.6 Å².